The van der Waals surface area contributed by atoms with Crippen molar-refractivity contribution in [2.24, 2.45) is 0 Å². The Balaban J connectivity index is 0.000000206. The molecule has 0 bridgehead atoms. The number of hydrogen-bond donors (Lipinski definition) is 0. The molecule has 2 rings (SSSR count). The van der Waals surface area contributed by atoms with E-state index in [2.05, 4.69) is 0 Å². The molecule has 0 radical (unpaired) electrons. The summed E-state index contributed by atoms with van der Waals surface area (Å²) in [7, 11) is 0. The van der Waals surface area contributed by atoms with Crippen molar-refractivity contribution in [3.8, 4) is 0 Å². The molecular weight excluding hydrogens is 152 g/mol. The second-order valence-electron chi connectivity index (χ2n) is 3.35. The molecule has 2 aliphatic rings. The van der Waals surface area contributed by atoms with Gasteiger partial charge in [-0.3, -0.25) is 0 Å². The predicted molar refractivity (Wildman–Crippen MR) is 50.5 cm³/mol. The standard InChI is InChI=1S/2C5H10O/c2*1-2-4-6-5-3-1/h2*1-5H2/p+1. The van der Waals surface area contributed by atoms with E-state index in [-0.39, 0.29) is 1.43 Å². The highest BCUT2D eigenvalue weighted by atomic mass is 16.5. The van der Waals surface area contributed by atoms with Gasteiger partial charge in [0.1, 0.15) is 0 Å². The Bertz CT molecular complexity index is 55.9. The second-order valence-corrected chi connectivity index (χ2v) is 3.35. The Kier molecular flexibility index (Phi) is 6.30. The van der Waals surface area contributed by atoms with E-state index in [0.29, 0.717) is 0 Å². The van der Waals surface area contributed by atoms with Crippen LogP contribution in [0.25, 0.3) is 0 Å². The molecule has 0 amide bonds. The van der Waals surface area contributed by atoms with Crippen molar-refractivity contribution in [3.05, 3.63) is 0 Å². The maximum absolute atomic E-state index is 5.07. The van der Waals surface area contributed by atoms with Crippen LogP contribution in [0, 0.1) is 0 Å². The lowest BCUT2D eigenvalue weighted by Gasteiger charge is -2.08. The third-order valence-electron chi connectivity index (χ3n) is 2.15. The van der Waals surface area contributed by atoms with E-state index in [9.17, 15) is 0 Å². The molecule has 2 nitrogen and oxygen atoms in total. The van der Waals surface area contributed by atoms with Gasteiger partial charge in [-0.05, 0) is 38.5 Å². The zero-order valence-electron chi connectivity index (χ0n) is 8.89. The third kappa shape index (κ3) is 5.56. The first-order chi connectivity index (χ1) is 6.00. The van der Waals surface area contributed by atoms with Crippen molar-refractivity contribution in [2.75, 3.05) is 26.4 Å². The Morgan fingerprint density at radius 1 is 0.500 bits per heavy atom. The second kappa shape index (κ2) is 7.56. The molecule has 72 valence electrons. The van der Waals surface area contributed by atoms with Gasteiger partial charge >= 0.3 is 1.43 Å². The fourth-order valence-corrected chi connectivity index (χ4v) is 1.37. The van der Waals surface area contributed by atoms with Crippen molar-refractivity contribution >= 4 is 0 Å². The van der Waals surface area contributed by atoms with Gasteiger partial charge in [-0.25, -0.2) is 0 Å². The quantitative estimate of drug-likeness (QED) is 0.560. The average Bonchev–Trinajstić information content (AvgIpc) is 2.24. The first-order valence-corrected chi connectivity index (χ1v) is 5.15. The first kappa shape index (κ1) is 10.0. The molecule has 0 aromatic heterocycles. The van der Waals surface area contributed by atoms with E-state index in [4.69, 9.17) is 9.47 Å². The van der Waals surface area contributed by atoms with Crippen molar-refractivity contribution in [1.29, 1.82) is 0 Å². The van der Waals surface area contributed by atoms with Gasteiger partial charge in [0.05, 0.1) is 0 Å². The third-order valence-corrected chi connectivity index (χ3v) is 2.15. The normalized spacial score (nSPS) is 24.0. The summed E-state index contributed by atoms with van der Waals surface area (Å²) >= 11 is 0. The zero-order chi connectivity index (χ0) is 8.49. The van der Waals surface area contributed by atoms with Crippen LogP contribution in [0.1, 0.15) is 40.0 Å². The summed E-state index contributed by atoms with van der Waals surface area (Å²) in [5.74, 6) is 0. The van der Waals surface area contributed by atoms with Crippen LogP contribution in [-0.2, 0) is 9.47 Å². The average molecular weight is 173 g/mol. The van der Waals surface area contributed by atoms with E-state index in [1.165, 1.54) is 38.5 Å². The van der Waals surface area contributed by atoms with E-state index in [1.807, 2.05) is 0 Å². The minimum absolute atomic E-state index is 0. The molecule has 2 heteroatoms. The van der Waals surface area contributed by atoms with Crippen LogP contribution in [-0.4, -0.2) is 26.4 Å². The van der Waals surface area contributed by atoms with Crippen molar-refractivity contribution in [3.63, 3.8) is 0 Å². The van der Waals surface area contributed by atoms with Gasteiger partial charge in [-0.15, -0.1) is 0 Å². The molecule has 0 N–H and O–H groups in total. The summed E-state index contributed by atoms with van der Waals surface area (Å²) in [5.41, 5.74) is 0. The largest absolute Gasteiger partial charge is 1.00 e. The summed E-state index contributed by atoms with van der Waals surface area (Å²) < 4.78 is 10.1. The van der Waals surface area contributed by atoms with Gasteiger partial charge in [0.25, 0.3) is 0 Å². The molecule has 0 aromatic carbocycles. The first-order valence-electron chi connectivity index (χ1n) is 5.15. The minimum Gasteiger partial charge on any atom is -0.381 e. The summed E-state index contributed by atoms with van der Waals surface area (Å²) in [6.45, 7) is 4.00. The van der Waals surface area contributed by atoms with Crippen LogP contribution in [0.15, 0.2) is 0 Å². The molecule has 0 saturated carbocycles. The topological polar surface area (TPSA) is 18.5 Å². The van der Waals surface area contributed by atoms with Crippen LogP contribution in [0.4, 0.5) is 0 Å². The lowest BCUT2D eigenvalue weighted by Crippen LogP contribution is -2.03. The number of rotatable bonds is 0. The highest BCUT2D eigenvalue weighted by Crippen LogP contribution is 2.02. The molecule has 0 spiro atoms. The van der Waals surface area contributed by atoms with Gasteiger partial charge in [0, 0.05) is 26.4 Å². The van der Waals surface area contributed by atoms with Crippen LogP contribution >= 0.6 is 0 Å². The summed E-state index contributed by atoms with van der Waals surface area (Å²) in [6.07, 6.45) is 7.86. The van der Waals surface area contributed by atoms with Crippen LogP contribution < -0.4 is 0 Å². The molecule has 0 atom stereocenters. The van der Waals surface area contributed by atoms with E-state index >= 15 is 0 Å². The minimum atomic E-state index is 0. The zero-order valence-corrected chi connectivity index (χ0v) is 7.89. The fourth-order valence-electron chi connectivity index (χ4n) is 1.37. The van der Waals surface area contributed by atoms with Crippen LogP contribution in [0.5, 0.6) is 0 Å². The van der Waals surface area contributed by atoms with E-state index in [0.717, 1.165) is 26.4 Å². The SMILES string of the molecule is C1CCOCC1.C1CCOCC1.[H+]. The predicted octanol–water partition coefficient (Wildman–Crippen LogP) is 2.49. The Morgan fingerprint density at radius 3 is 0.917 bits per heavy atom. The van der Waals surface area contributed by atoms with Crippen molar-refractivity contribution < 1.29 is 10.9 Å². The monoisotopic (exact) mass is 173 g/mol. The lowest BCUT2D eigenvalue weighted by molar-refractivity contribution is 0.0967. The van der Waals surface area contributed by atoms with Crippen molar-refractivity contribution in [2.45, 2.75) is 38.5 Å². The molecule has 0 aromatic rings. The smallest absolute Gasteiger partial charge is 0.381 e. The van der Waals surface area contributed by atoms with Gasteiger partial charge in [-0.2, -0.15) is 0 Å². The Labute approximate surface area is 76.7 Å². The maximum atomic E-state index is 5.07. The highest BCUT2D eigenvalue weighted by molar-refractivity contribution is 4.45. The fraction of sp³-hybridized carbons (Fsp3) is 1.00. The van der Waals surface area contributed by atoms with Gasteiger partial charge in [0.15, 0.2) is 0 Å². The van der Waals surface area contributed by atoms with Gasteiger partial charge in [0.2, 0.25) is 0 Å². The van der Waals surface area contributed by atoms with Gasteiger partial charge < -0.3 is 9.47 Å². The molecule has 2 heterocycles. The Morgan fingerprint density at radius 2 is 0.833 bits per heavy atom. The lowest BCUT2D eigenvalue weighted by atomic mass is 10.2. The number of ether oxygens (including phenoxy) is 2. The van der Waals surface area contributed by atoms with Crippen molar-refractivity contribution in [1.82, 2.24) is 0 Å². The molecule has 12 heavy (non-hydrogen) atoms. The highest BCUT2D eigenvalue weighted by Gasteiger charge is 1.95. The summed E-state index contributed by atoms with van der Waals surface area (Å²) in [6, 6.07) is 0. The van der Waals surface area contributed by atoms with E-state index < -0.39 is 0 Å². The van der Waals surface area contributed by atoms with Crippen LogP contribution in [0.3, 0.4) is 0 Å². The van der Waals surface area contributed by atoms with Gasteiger partial charge in [-0.1, -0.05) is 0 Å². The van der Waals surface area contributed by atoms with Crippen LogP contribution in [0.2, 0.25) is 0 Å². The summed E-state index contributed by atoms with van der Waals surface area (Å²) in [4.78, 5) is 0. The maximum Gasteiger partial charge on any atom is 1.00 e. The molecule has 0 unspecified atom stereocenters. The molecular formula is C10H21O2+. The molecule has 2 aliphatic heterocycles. The molecule has 0 aliphatic carbocycles. The molecule has 2 saturated heterocycles. The molecule has 2 fully saturated rings. The number of hydrogen-bond acceptors (Lipinski definition) is 2. The Hall–Kier alpha value is -0.0800. The summed E-state index contributed by atoms with van der Waals surface area (Å²) in [5, 5.41) is 0. The van der Waals surface area contributed by atoms with E-state index in [1.54, 1.807) is 0 Å².